The van der Waals surface area contributed by atoms with Crippen molar-refractivity contribution in [1.29, 1.82) is 0 Å². The van der Waals surface area contributed by atoms with Crippen molar-refractivity contribution in [2.24, 2.45) is 39.9 Å². The largest absolute Gasteiger partial charge is 0.509 e. The molecule has 3 saturated carbocycles. The number of alkyl halides is 2. The molecule has 5 rings (SSSR count). The van der Waals surface area contributed by atoms with Gasteiger partial charge in [0.25, 0.3) is 5.69 Å². The number of fused-ring (bicyclic) bond motifs is 5. The Morgan fingerprint density at radius 3 is 2.46 bits per heavy atom. The van der Waals surface area contributed by atoms with Crippen LogP contribution in [-0.2, 0) is 30.5 Å². The number of benzene rings is 1. The number of aliphatic hydroxyl groups excluding tert-OH is 1. The van der Waals surface area contributed by atoms with Gasteiger partial charge in [-0.2, -0.15) is 0 Å². The van der Waals surface area contributed by atoms with Crippen molar-refractivity contribution in [2.75, 3.05) is 6.61 Å². The molecule has 13 heteroatoms. The van der Waals surface area contributed by atoms with E-state index in [2.05, 4.69) is 0 Å². The zero-order chi connectivity index (χ0) is 34.0. The lowest BCUT2D eigenvalue weighted by molar-refractivity contribution is -0.385. The number of carbonyl (C=O) groups excluding carboxylic acids is 3. The van der Waals surface area contributed by atoms with Crippen LogP contribution in [0.25, 0.3) is 0 Å². The lowest BCUT2D eigenvalue weighted by Gasteiger charge is -2.65. The maximum Gasteiger partial charge on any atom is 0.509 e. The van der Waals surface area contributed by atoms with Crippen LogP contribution in [0.4, 0.5) is 10.5 Å². The third-order valence-electron chi connectivity index (χ3n) is 11.6. The predicted octanol–water partition coefficient (Wildman–Crippen LogP) is 5.63. The highest BCUT2D eigenvalue weighted by molar-refractivity contribution is 6.34. The topological polar surface area (TPSA) is 170 Å². The number of hydrogen-bond acceptors (Lipinski definition) is 9. The number of para-hydroxylation sites is 1. The highest BCUT2D eigenvalue weighted by Gasteiger charge is 2.77. The predicted molar refractivity (Wildman–Crippen MR) is 166 cm³/mol. The molecule has 4 aliphatic carbocycles. The molecule has 0 amide bonds. The van der Waals surface area contributed by atoms with E-state index in [1.54, 1.807) is 19.9 Å². The van der Waals surface area contributed by atoms with Crippen molar-refractivity contribution in [1.82, 2.24) is 0 Å². The van der Waals surface area contributed by atoms with Gasteiger partial charge < -0.3 is 19.7 Å². The van der Waals surface area contributed by atoms with Crippen molar-refractivity contribution in [3.05, 3.63) is 63.7 Å². The molecule has 46 heavy (non-hydrogen) atoms. The highest BCUT2D eigenvalue weighted by Crippen LogP contribution is 2.75. The third-order valence-corrected chi connectivity index (χ3v) is 13.2. The molecule has 1 unspecified atom stereocenters. The Balaban J connectivity index is 1.46. The first-order valence-corrected chi connectivity index (χ1v) is 16.0. The fourth-order valence-electron chi connectivity index (χ4n) is 9.68. The van der Waals surface area contributed by atoms with Crippen LogP contribution in [0.3, 0.4) is 0 Å². The summed E-state index contributed by atoms with van der Waals surface area (Å²) in [6.45, 7) is 6.05. The number of nitrogens with zero attached hydrogens (tertiary/aromatic N) is 1. The lowest BCUT2D eigenvalue weighted by Crippen LogP contribution is -2.69. The second-order valence-electron chi connectivity index (χ2n) is 13.6. The number of aliphatic carboxylic acids is 1. The maximum absolute atomic E-state index is 14.3. The summed E-state index contributed by atoms with van der Waals surface area (Å²) in [5, 5.41) is 32.0. The van der Waals surface area contributed by atoms with E-state index in [1.807, 2.05) is 19.9 Å². The number of ether oxygens (including phenoxy) is 2. The number of carboxylic acid groups (broad SMARTS) is 1. The molecule has 248 valence electrons. The van der Waals surface area contributed by atoms with Crippen LogP contribution < -0.4 is 0 Å². The minimum Gasteiger partial charge on any atom is -0.479 e. The third kappa shape index (κ3) is 4.72. The monoisotopic (exact) mass is 677 g/mol. The van der Waals surface area contributed by atoms with Crippen LogP contribution in [0, 0.1) is 50.0 Å². The van der Waals surface area contributed by atoms with Crippen molar-refractivity contribution in [3.8, 4) is 0 Å². The average Bonchev–Trinajstić information content (AvgIpc) is 3.23. The molecule has 0 radical (unpaired) electrons. The Morgan fingerprint density at radius 2 is 1.80 bits per heavy atom. The fraction of sp³-hybridized carbons (Fsp3) is 0.576. The second-order valence-corrected chi connectivity index (χ2v) is 14.8. The zero-order valence-corrected chi connectivity index (χ0v) is 27.4. The van der Waals surface area contributed by atoms with Crippen molar-refractivity contribution in [2.45, 2.75) is 69.9 Å². The number of rotatable bonds is 8. The standard InChI is InChI=1S/C33H37Cl2NO10/c1-17-11-23-22-12-18(2)32(27(39)28(40)41,26(38)16-46-29(42)45-15-19-7-5-6-8-24(19)36(43)44)31(22,4)14-25(34)33(23,35)30(3)10-9-20(37)13-21(17)30/h5-10,13,17-18,22-23,25,27,39H,11-12,14-16H2,1-4H3,(H,40,41)/t17-,18+,22-,23-,25-,27?,30-,31-,32+,33-/m0/s1. The smallest absolute Gasteiger partial charge is 0.479 e. The van der Waals surface area contributed by atoms with Gasteiger partial charge in [-0.15, -0.1) is 23.2 Å². The Labute approximate surface area is 276 Å². The number of hydrogen-bond donors (Lipinski definition) is 2. The van der Waals surface area contributed by atoms with E-state index in [0.717, 1.165) is 5.57 Å². The molecule has 10 atom stereocenters. The molecule has 3 fully saturated rings. The summed E-state index contributed by atoms with van der Waals surface area (Å²) in [4.78, 5) is 61.3. The fourth-order valence-corrected chi connectivity index (χ4v) is 10.9. The number of halogens is 2. The van der Waals surface area contributed by atoms with E-state index in [-0.39, 0.29) is 41.2 Å². The summed E-state index contributed by atoms with van der Waals surface area (Å²) in [6, 6.07) is 5.66. The van der Waals surface area contributed by atoms with Crippen LogP contribution in [0.5, 0.6) is 0 Å². The molecular weight excluding hydrogens is 641 g/mol. The second kappa shape index (κ2) is 11.8. The number of allylic oxidation sites excluding steroid dienone is 4. The van der Waals surface area contributed by atoms with E-state index >= 15 is 0 Å². The van der Waals surface area contributed by atoms with Crippen molar-refractivity contribution < 1.29 is 43.8 Å². The van der Waals surface area contributed by atoms with Gasteiger partial charge in [-0.25, -0.2) is 9.59 Å². The van der Waals surface area contributed by atoms with Gasteiger partial charge in [0.05, 0.1) is 26.2 Å². The van der Waals surface area contributed by atoms with Crippen molar-refractivity contribution >= 4 is 52.6 Å². The minimum atomic E-state index is -2.15. The van der Waals surface area contributed by atoms with Crippen molar-refractivity contribution in [3.63, 3.8) is 0 Å². The first kappa shape index (κ1) is 34.1. The van der Waals surface area contributed by atoms with Crippen LogP contribution in [-0.4, -0.2) is 61.8 Å². The number of carboxylic acids is 1. The first-order valence-electron chi connectivity index (χ1n) is 15.2. The molecular formula is C33H37Cl2NO10. The van der Waals surface area contributed by atoms with Gasteiger partial charge in [-0.1, -0.05) is 51.5 Å². The van der Waals surface area contributed by atoms with Crippen LogP contribution in [0.15, 0.2) is 48.1 Å². The number of carbonyl (C=O) groups is 4. The van der Waals surface area contributed by atoms with E-state index < -0.39 is 74.6 Å². The molecule has 0 spiro atoms. The summed E-state index contributed by atoms with van der Waals surface area (Å²) in [7, 11) is 0. The lowest BCUT2D eigenvalue weighted by atomic mass is 9.43. The van der Waals surface area contributed by atoms with E-state index in [0.29, 0.717) is 12.8 Å². The Morgan fingerprint density at radius 1 is 1.13 bits per heavy atom. The molecule has 11 nitrogen and oxygen atoms in total. The quantitative estimate of drug-likeness (QED) is 0.152. The molecule has 0 bridgehead atoms. The molecule has 0 saturated heterocycles. The Hall–Kier alpha value is -3.28. The van der Waals surface area contributed by atoms with E-state index in [4.69, 9.17) is 32.7 Å². The molecule has 0 aliphatic heterocycles. The van der Waals surface area contributed by atoms with Crippen LogP contribution in [0.1, 0.15) is 52.5 Å². The van der Waals surface area contributed by atoms with E-state index in [9.17, 15) is 39.5 Å². The first-order chi connectivity index (χ1) is 21.5. The number of nitro benzene ring substituents is 1. The number of nitro groups is 1. The van der Waals surface area contributed by atoms with Crippen LogP contribution in [0.2, 0.25) is 0 Å². The summed E-state index contributed by atoms with van der Waals surface area (Å²) < 4.78 is 10.2. The molecule has 4 aliphatic rings. The molecule has 2 N–H and O–H groups in total. The minimum absolute atomic E-state index is 0.0639. The molecule has 1 aromatic carbocycles. The SMILES string of the molecule is C[C@@H]1C[C@H]2[C@@H]3C[C@H](C)C4=CC(=O)C=C[C@]4(C)[C@@]3(Cl)[C@@H](Cl)C[C@]2(C)[C@]1(C(=O)COC(=O)OCc1ccccc1[N+](=O)[O-])C(O)C(=O)O. The van der Waals surface area contributed by atoms with Gasteiger partial charge in [-0.3, -0.25) is 19.7 Å². The molecule has 0 heterocycles. The Bertz CT molecular complexity index is 1560. The zero-order valence-electron chi connectivity index (χ0n) is 25.9. The molecule has 1 aromatic rings. The normalized spacial score (nSPS) is 38.5. The number of aliphatic hydroxyl groups is 1. The highest BCUT2D eigenvalue weighted by atomic mass is 35.5. The number of Topliss-reactive ketones (excluding diaryl/α,β-unsaturated/α-hetero) is 1. The average molecular weight is 679 g/mol. The number of ketones is 2. The van der Waals surface area contributed by atoms with Gasteiger partial charge in [0, 0.05) is 11.5 Å². The van der Waals surface area contributed by atoms with Gasteiger partial charge >= 0.3 is 12.1 Å². The molecule has 0 aromatic heterocycles. The summed E-state index contributed by atoms with van der Waals surface area (Å²) in [5.41, 5.74) is -3.15. The van der Waals surface area contributed by atoms with Crippen LogP contribution >= 0.6 is 23.2 Å². The van der Waals surface area contributed by atoms with Gasteiger partial charge in [0.2, 0.25) is 0 Å². The van der Waals surface area contributed by atoms with E-state index in [1.165, 1.54) is 30.3 Å². The van der Waals surface area contributed by atoms with Gasteiger partial charge in [0.1, 0.15) is 6.61 Å². The summed E-state index contributed by atoms with van der Waals surface area (Å²) >= 11 is 14.9. The maximum atomic E-state index is 14.3. The van der Waals surface area contributed by atoms with Gasteiger partial charge in [0.15, 0.2) is 24.3 Å². The summed E-state index contributed by atoms with van der Waals surface area (Å²) in [5.74, 6) is -3.95. The summed E-state index contributed by atoms with van der Waals surface area (Å²) in [6.07, 6.45) is 2.43. The Kier molecular flexibility index (Phi) is 8.70. The van der Waals surface area contributed by atoms with Gasteiger partial charge in [-0.05, 0) is 66.6 Å².